The zero-order valence-electron chi connectivity index (χ0n) is 13.3. The van der Waals surface area contributed by atoms with Crippen LogP contribution in [0.4, 0.5) is 4.39 Å². The maximum atomic E-state index is 13.2. The Morgan fingerprint density at radius 1 is 1.12 bits per heavy atom. The normalized spacial score (nSPS) is 11.1. The first-order chi connectivity index (χ1) is 12.1. The van der Waals surface area contributed by atoms with Crippen LogP contribution in [0.25, 0.3) is 22.2 Å². The molecule has 0 aliphatic rings. The summed E-state index contributed by atoms with van der Waals surface area (Å²) in [6.07, 6.45) is 3.31. The maximum Gasteiger partial charge on any atom is 0.280 e. The highest BCUT2D eigenvalue weighted by molar-refractivity contribution is 5.90. The predicted octanol–water partition coefficient (Wildman–Crippen LogP) is 2.94. The molecule has 3 aromatic heterocycles. The largest absolute Gasteiger partial charge is 0.353 e. The summed E-state index contributed by atoms with van der Waals surface area (Å²) in [6.45, 7) is 1.99. The fraction of sp³-hybridized carbons (Fsp3) is 0.111. The summed E-state index contributed by atoms with van der Waals surface area (Å²) in [5, 5.41) is 8.71. The number of aryl methyl sites for hydroxylation is 1. The lowest BCUT2D eigenvalue weighted by molar-refractivity contribution is 0.449. The van der Waals surface area contributed by atoms with Crippen LogP contribution in [0.5, 0.6) is 0 Å². The van der Waals surface area contributed by atoms with Gasteiger partial charge in [0.2, 0.25) is 5.58 Å². The van der Waals surface area contributed by atoms with Gasteiger partial charge in [-0.15, -0.1) is 0 Å². The highest BCUT2D eigenvalue weighted by Crippen LogP contribution is 2.26. The van der Waals surface area contributed by atoms with E-state index >= 15 is 0 Å². The van der Waals surface area contributed by atoms with E-state index in [1.165, 1.54) is 16.8 Å². The second-order valence-corrected chi connectivity index (χ2v) is 5.65. The van der Waals surface area contributed by atoms with Gasteiger partial charge in [0.05, 0.1) is 12.2 Å². The highest BCUT2D eigenvalue weighted by atomic mass is 19.1. The van der Waals surface area contributed by atoms with Crippen LogP contribution in [0, 0.1) is 12.7 Å². The van der Waals surface area contributed by atoms with Crippen molar-refractivity contribution < 1.29 is 8.91 Å². The van der Waals surface area contributed by atoms with Crippen molar-refractivity contribution in [3.63, 3.8) is 0 Å². The SMILES string of the molecule is Cc1noc2c(-c3ccc(F)cc3)nn(Cc3ccncc3)c(=O)c12. The Bertz CT molecular complexity index is 1100. The molecule has 0 N–H and O–H groups in total. The van der Waals surface area contributed by atoms with E-state index in [9.17, 15) is 9.18 Å². The van der Waals surface area contributed by atoms with Gasteiger partial charge in [-0.05, 0) is 48.9 Å². The number of nitrogens with zero attached hydrogens (tertiary/aromatic N) is 4. The fourth-order valence-corrected chi connectivity index (χ4v) is 2.69. The molecule has 3 heterocycles. The van der Waals surface area contributed by atoms with E-state index in [2.05, 4.69) is 15.2 Å². The zero-order valence-corrected chi connectivity index (χ0v) is 13.3. The van der Waals surface area contributed by atoms with Gasteiger partial charge in [-0.2, -0.15) is 5.10 Å². The van der Waals surface area contributed by atoms with Crippen LogP contribution in [0.3, 0.4) is 0 Å². The van der Waals surface area contributed by atoms with Crippen LogP contribution in [-0.4, -0.2) is 19.9 Å². The second kappa shape index (κ2) is 5.94. The first kappa shape index (κ1) is 15.2. The minimum Gasteiger partial charge on any atom is -0.353 e. The standard InChI is InChI=1S/C18H13FN4O2/c1-11-15-17(25-22-11)16(13-2-4-14(19)5-3-13)21-23(18(15)24)10-12-6-8-20-9-7-12/h2-9H,10H2,1H3. The van der Waals surface area contributed by atoms with Crippen molar-refractivity contribution >= 4 is 11.0 Å². The van der Waals surface area contributed by atoms with E-state index < -0.39 is 0 Å². The summed E-state index contributed by atoms with van der Waals surface area (Å²) in [5.41, 5.74) is 2.50. The van der Waals surface area contributed by atoms with Crippen molar-refractivity contribution in [3.05, 3.63) is 76.2 Å². The summed E-state index contributed by atoms with van der Waals surface area (Å²) >= 11 is 0. The van der Waals surface area contributed by atoms with E-state index in [1.807, 2.05) is 12.1 Å². The monoisotopic (exact) mass is 336 g/mol. The van der Waals surface area contributed by atoms with Crippen molar-refractivity contribution in [1.82, 2.24) is 19.9 Å². The van der Waals surface area contributed by atoms with Crippen LogP contribution in [-0.2, 0) is 6.54 Å². The van der Waals surface area contributed by atoms with Gasteiger partial charge in [-0.3, -0.25) is 9.78 Å². The number of hydrogen-bond donors (Lipinski definition) is 0. The maximum absolute atomic E-state index is 13.2. The zero-order chi connectivity index (χ0) is 17.4. The third-order valence-corrected chi connectivity index (χ3v) is 3.95. The molecular formula is C18H13FN4O2. The van der Waals surface area contributed by atoms with Gasteiger partial charge >= 0.3 is 0 Å². The van der Waals surface area contributed by atoms with Gasteiger partial charge in [-0.1, -0.05) is 5.16 Å². The van der Waals surface area contributed by atoms with Crippen molar-refractivity contribution in [3.8, 4) is 11.3 Å². The first-order valence-corrected chi connectivity index (χ1v) is 7.65. The molecule has 4 rings (SSSR count). The summed E-state index contributed by atoms with van der Waals surface area (Å²) in [6, 6.07) is 9.49. The summed E-state index contributed by atoms with van der Waals surface area (Å²) < 4.78 is 19.9. The van der Waals surface area contributed by atoms with Gasteiger partial charge in [0, 0.05) is 18.0 Å². The Balaban J connectivity index is 1.94. The van der Waals surface area contributed by atoms with Crippen molar-refractivity contribution in [2.24, 2.45) is 0 Å². The number of fused-ring (bicyclic) bond motifs is 1. The van der Waals surface area contributed by atoms with E-state index in [0.717, 1.165) is 5.56 Å². The van der Waals surface area contributed by atoms with Crippen LogP contribution >= 0.6 is 0 Å². The van der Waals surface area contributed by atoms with Crippen LogP contribution in [0.2, 0.25) is 0 Å². The van der Waals surface area contributed by atoms with Gasteiger partial charge in [-0.25, -0.2) is 9.07 Å². The Labute approximate surface area is 141 Å². The Morgan fingerprint density at radius 3 is 2.56 bits per heavy atom. The molecule has 0 amide bonds. The number of aromatic nitrogens is 4. The van der Waals surface area contributed by atoms with Gasteiger partial charge in [0.25, 0.3) is 5.56 Å². The summed E-state index contributed by atoms with van der Waals surface area (Å²) in [7, 11) is 0. The molecule has 0 saturated heterocycles. The third-order valence-electron chi connectivity index (χ3n) is 3.95. The minimum absolute atomic E-state index is 0.281. The number of pyridine rings is 1. The molecule has 0 saturated carbocycles. The summed E-state index contributed by atoms with van der Waals surface area (Å²) in [5.74, 6) is -0.348. The smallest absolute Gasteiger partial charge is 0.280 e. The summed E-state index contributed by atoms with van der Waals surface area (Å²) in [4.78, 5) is 16.7. The molecular weight excluding hydrogens is 323 g/mol. The first-order valence-electron chi connectivity index (χ1n) is 7.65. The van der Waals surface area contributed by atoms with E-state index in [1.54, 1.807) is 31.5 Å². The molecule has 6 nitrogen and oxygen atoms in total. The molecule has 25 heavy (non-hydrogen) atoms. The molecule has 0 bridgehead atoms. The van der Waals surface area contributed by atoms with Gasteiger partial charge in [0.15, 0.2) is 0 Å². The Kier molecular flexibility index (Phi) is 3.61. The highest BCUT2D eigenvalue weighted by Gasteiger charge is 2.19. The van der Waals surface area contributed by atoms with Crippen LogP contribution in [0.15, 0.2) is 58.1 Å². The average Bonchev–Trinajstić information content (AvgIpc) is 3.01. The molecule has 124 valence electrons. The van der Waals surface area contributed by atoms with Gasteiger partial charge in [0.1, 0.15) is 16.9 Å². The molecule has 0 radical (unpaired) electrons. The molecule has 0 aliphatic carbocycles. The number of benzene rings is 1. The number of hydrogen-bond acceptors (Lipinski definition) is 5. The topological polar surface area (TPSA) is 73.8 Å². The lowest BCUT2D eigenvalue weighted by atomic mass is 10.1. The predicted molar refractivity (Wildman–Crippen MR) is 89.5 cm³/mol. The molecule has 0 aliphatic heterocycles. The minimum atomic E-state index is -0.348. The van der Waals surface area contributed by atoms with E-state index in [4.69, 9.17) is 4.52 Å². The van der Waals surface area contributed by atoms with Crippen LogP contribution < -0.4 is 5.56 Å². The van der Waals surface area contributed by atoms with Crippen molar-refractivity contribution in [2.75, 3.05) is 0 Å². The van der Waals surface area contributed by atoms with Crippen molar-refractivity contribution in [1.29, 1.82) is 0 Å². The second-order valence-electron chi connectivity index (χ2n) is 5.65. The number of halogens is 1. The average molecular weight is 336 g/mol. The Hall–Kier alpha value is -3.35. The van der Waals surface area contributed by atoms with E-state index in [-0.39, 0.29) is 17.9 Å². The van der Waals surface area contributed by atoms with Crippen molar-refractivity contribution in [2.45, 2.75) is 13.5 Å². The quantitative estimate of drug-likeness (QED) is 0.575. The van der Waals surface area contributed by atoms with Crippen LogP contribution in [0.1, 0.15) is 11.3 Å². The molecule has 1 aromatic carbocycles. The lowest BCUT2D eigenvalue weighted by Gasteiger charge is -2.08. The molecule has 0 atom stereocenters. The van der Waals surface area contributed by atoms with E-state index in [0.29, 0.717) is 27.9 Å². The lowest BCUT2D eigenvalue weighted by Crippen LogP contribution is -2.24. The fourth-order valence-electron chi connectivity index (χ4n) is 2.69. The molecule has 0 spiro atoms. The Morgan fingerprint density at radius 2 is 1.84 bits per heavy atom. The molecule has 7 heteroatoms. The van der Waals surface area contributed by atoms with Gasteiger partial charge < -0.3 is 4.52 Å². The number of rotatable bonds is 3. The molecule has 0 fully saturated rings. The molecule has 0 unspecified atom stereocenters. The third kappa shape index (κ3) is 2.69. The molecule has 4 aromatic rings.